The van der Waals surface area contributed by atoms with Gasteiger partial charge in [-0.1, -0.05) is 6.07 Å². The minimum absolute atomic E-state index is 0.0271. The van der Waals surface area contributed by atoms with E-state index in [1.807, 2.05) is 0 Å². The molecule has 0 spiro atoms. The highest BCUT2D eigenvalue weighted by atomic mass is 79.9. The van der Waals surface area contributed by atoms with Crippen LogP contribution in [0.25, 0.3) is 0 Å². The van der Waals surface area contributed by atoms with Crippen LogP contribution in [0.1, 0.15) is 18.4 Å². The number of carboxylic acid groups (broad SMARTS) is 1. The number of hydrogen-bond acceptors (Lipinski definition) is 2. The zero-order valence-corrected chi connectivity index (χ0v) is 11.6. The van der Waals surface area contributed by atoms with Crippen LogP contribution in [0.4, 0.5) is 4.39 Å². The topological polar surface area (TPSA) is 66.4 Å². The third-order valence-corrected chi connectivity index (χ3v) is 3.67. The quantitative estimate of drug-likeness (QED) is 0.869. The third-order valence-electron chi connectivity index (χ3n) is 3.02. The molecule has 1 aromatic rings. The molecule has 19 heavy (non-hydrogen) atoms. The summed E-state index contributed by atoms with van der Waals surface area (Å²) in [6.45, 7) is 0. The lowest BCUT2D eigenvalue weighted by Crippen LogP contribution is -2.43. The Morgan fingerprint density at radius 1 is 1.47 bits per heavy atom. The molecule has 1 aromatic carbocycles. The van der Waals surface area contributed by atoms with Gasteiger partial charge in [-0.3, -0.25) is 4.79 Å². The number of benzene rings is 1. The maximum absolute atomic E-state index is 13.3. The monoisotopic (exact) mass is 329 g/mol. The van der Waals surface area contributed by atoms with E-state index in [0.29, 0.717) is 10.0 Å². The normalized spacial score (nSPS) is 15.9. The first kappa shape index (κ1) is 14.0. The Kier molecular flexibility index (Phi) is 4.19. The second kappa shape index (κ2) is 5.69. The highest BCUT2D eigenvalue weighted by molar-refractivity contribution is 9.10. The molecular formula is C13H13BrFNO3. The largest absolute Gasteiger partial charge is 0.480 e. The SMILES string of the molecule is O=C(Cc1ccc(Br)c(F)c1)NC(C(=O)O)C1CC1. The number of rotatable bonds is 5. The van der Waals surface area contributed by atoms with Gasteiger partial charge in [0.1, 0.15) is 11.9 Å². The first-order valence-corrected chi connectivity index (χ1v) is 6.73. The van der Waals surface area contributed by atoms with Gasteiger partial charge in [-0.15, -0.1) is 0 Å². The van der Waals surface area contributed by atoms with Crippen LogP contribution in [0.2, 0.25) is 0 Å². The van der Waals surface area contributed by atoms with E-state index >= 15 is 0 Å². The summed E-state index contributed by atoms with van der Waals surface area (Å²) >= 11 is 3.03. The molecule has 1 saturated carbocycles. The van der Waals surface area contributed by atoms with Gasteiger partial charge in [0, 0.05) is 0 Å². The van der Waals surface area contributed by atoms with E-state index in [4.69, 9.17) is 5.11 Å². The van der Waals surface area contributed by atoms with Crippen LogP contribution in [-0.2, 0) is 16.0 Å². The van der Waals surface area contributed by atoms with Crippen molar-refractivity contribution in [2.45, 2.75) is 25.3 Å². The second-order valence-corrected chi connectivity index (χ2v) is 5.50. The van der Waals surface area contributed by atoms with E-state index in [1.165, 1.54) is 12.1 Å². The van der Waals surface area contributed by atoms with Crippen LogP contribution >= 0.6 is 15.9 Å². The number of carbonyl (C=O) groups is 2. The third kappa shape index (κ3) is 3.76. The summed E-state index contributed by atoms with van der Waals surface area (Å²) < 4.78 is 13.6. The summed E-state index contributed by atoms with van der Waals surface area (Å²) in [6, 6.07) is 3.58. The summed E-state index contributed by atoms with van der Waals surface area (Å²) in [6.07, 6.45) is 1.62. The molecule has 4 nitrogen and oxygen atoms in total. The van der Waals surface area contributed by atoms with Gasteiger partial charge in [0.05, 0.1) is 10.9 Å². The van der Waals surface area contributed by atoms with Crippen LogP contribution < -0.4 is 5.32 Å². The molecule has 0 heterocycles. The minimum Gasteiger partial charge on any atom is -0.480 e. The van der Waals surface area contributed by atoms with Gasteiger partial charge in [0.25, 0.3) is 0 Å². The van der Waals surface area contributed by atoms with Crippen LogP contribution in [0.5, 0.6) is 0 Å². The van der Waals surface area contributed by atoms with Crippen LogP contribution in [0, 0.1) is 11.7 Å². The van der Waals surface area contributed by atoms with Gasteiger partial charge in [-0.25, -0.2) is 9.18 Å². The highest BCUT2D eigenvalue weighted by Crippen LogP contribution is 2.32. The van der Waals surface area contributed by atoms with E-state index in [1.54, 1.807) is 6.07 Å². The van der Waals surface area contributed by atoms with Gasteiger partial charge in [0.15, 0.2) is 0 Å². The summed E-state index contributed by atoms with van der Waals surface area (Å²) in [5.41, 5.74) is 0.512. The second-order valence-electron chi connectivity index (χ2n) is 4.65. The number of halogens is 2. The zero-order chi connectivity index (χ0) is 14.0. The lowest BCUT2D eigenvalue weighted by molar-refractivity contribution is -0.142. The predicted molar refractivity (Wildman–Crippen MR) is 70.1 cm³/mol. The van der Waals surface area contributed by atoms with E-state index in [-0.39, 0.29) is 12.3 Å². The maximum Gasteiger partial charge on any atom is 0.326 e. The summed E-state index contributed by atoms with van der Waals surface area (Å²) in [7, 11) is 0. The lowest BCUT2D eigenvalue weighted by atomic mass is 10.1. The molecule has 0 aromatic heterocycles. The zero-order valence-electron chi connectivity index (χ0n) is 10.0. The fourth-order valence-electron chi connectivity index (χ4n) is 1.87. The van der Waals surface area contributed by atoms with Gasteiger partial charge >= 0.3 is 5.97 Å². The Morgan fingerprint density at radius 3 is 2.68 bits per heavy atom. The molecule has 0 bridgehead atoms. The Bertz CT molecular complexity index is 517. The minimum atomic E-state index is -1.02. The Morgan fingerprint density at radius 2 is 2.16 bits per heavy atom. The smallest absolute Gasteiger partial charge is 0.326 e. The van der Waals surface area contributed by atoms with Crippen molar-refractivity contribution in [1.82, 2.24) is 5.32 Å². The number of amides is 1. The average Bonchev–Trinajstić information content (AvgIpc) is 3.14. The van der Waals surface area contributed by atoms with Crippen molar-refractivity contribution in [2.24, 2.45) is 5.92 Å². The van der Waals surface area contributed by atoms with E-state index in [9.17, 15) is 14.0 Å². The standard InChI is InChI=1S/C13H13BrFNO3/c14-9-4-1-7(5-10(9)15)6-11(17)16-12(13(18)19)8-2-3-8/h1,4-5,8,12H,2-3,6H2,(H,16,17)(H,18,19). The van der Waals surface area contributed by atoms with Crippen molar-refractivity contribution in [2.75, 3.05) is 0 Å². The molecule has 1 aliphatic rings. The molecule has 1 aliphatic carbocycles. The highest BCUT2D eigenvalue weighted by Gasteiger charge is 2.37. The molecule has 0 saturated heterocycles. The Labute approximate surface area is 118 Å². The molecular weight excluding hydrogens is 317 g/mol. The molecule has 1 unspecified atom stereocenters. The lowest BCUT2D eigenvalue weighted by Gasteiger charge is -2.13. The molecule has 2 rings (SSSR count). The fourth-order valence-corrected chi connectivity index (χ4v) is 2.12. The maximum atomic E-state index is 13.3. The van der Waals surface area contributed by atoms with E-state index in [2.05, 4.69) is 21.2 Å². The Balaban J connectivity index is 1.96. The summed E-state index contributed by atoms with van der Waals surface area (Å²) in [5, 5.41) is 11.5. The molecule has 0 radical (unpaired) electrons. The number of carbonyl (C=O) groups excluding carboxylic acids is 1. The molecule has 1 fully saturated rings. The fraction of sp³-hybridized carbons (Fsp3) is 0.385. The van der Waals surface area contributed by atoms with Gasteiger partial charge in [-0.05, 0) is 52.4 Å². The predicted octanol–water partition coefficient (Wildman–Crippen LogP) is 2.11. The number of nitrogens with one attached hydrogen (secondary N) is 1. The van der Waals surface area contributed by atoms with Crippen molar-refractivity contribution in [3.8, 4) is 0 Å². The van der Waals surface area contributed by atoms with Crippen LogP contribution in [0.15, 0.2) is 22.7 Å². The van der Waals surface area contributed by atoms with E-state index in [0.717, 1.165) is 12.8 Å². The molecule has 1 amide bonds. The molecule has 0 aliphatic heterocycles. The molecule has 2 N–H and O–H groups in total. The molecule has 6 heteroatoms. The number of carboxylic acids is 1. The van der Waals surface area contributed by atoms with Crippen molar-refractivity contribution in [3.63, 3.8) is 0 Å². The van der Waals surface area contributed by atoms with Crippen molar-refractivity contribution < 1.29 is 19.1 Å². The van der Waals surface area contributed by atoms with Gasteiger partial charge in [0.2, 0.25) is 5.91 Å². The Hall–Kier alpha value is -1.43. The first-order valence-electron chi connectivity index (χ1n) is 5.93. The van der Waals surface area contributed by atoms with Crippen molar-refractivity contribution >= 4 is 27.8 Å². The van der Waals surface area contributed by atoms with E-state index < -0.39 is 23.7 Å². The van der Waals surface area contributed by atoms with Crippen molar-refractivity contribution in [1.29, 1.82) is 0 Å². The average molecular weight is 330 g/mol. The first-order chi connectivity index (χ1) is 8.97. The van der Waals surface area contributed by atoms with Gasteiger partial charge < -0.3 is 10.4 Å². The van der Waals surface area contributed by atoms with Crippen molar-refractivity contribution in [3.05, 3.63) is 34.1 Å². The van der Waals surface area contributed by atoms with Crippen LogP contribution in [-0.4, -0.2) is 23.0 Å². The van der Waals surface area contributed by atoms with Gasteiger partial charge in [-0.2, -0.15) is 0 Å². The number of hydrogen-bond donors (Lipinski definition) is 2. The number of aliphatic carboxylic acids is 1. The summed E-state index contributed by atoms with van der Waals surface area (Å²) in [5.74, 6) is -1.83. The summed E-state index contributed by atoms with van der Waals surface area (Å²) in [4.78, 5) is 22.7. The van der Waals surface area contributed by atoms with Crippen LogP contribution in [0.3, 0.4) is 0 Å². The molecule has 1 atom stereocenters. The molecule has 102 valence electrons.